The van der Waals surface area contributed by atoms with E-state index in [9.17, 15) is 18.3 Å². The quantitative estimate of drug-likeness (QED) is 0.532. The lowest BCUT2D eigenvalue weighted by atomic mass is 10.1. The fourth-order valence-corrected chi connectivity index (χ4v) is 4.42. The van der Waals surface area contributed by atoms with Crippen molar-refractivity contribution in [3.63, 3.8) is 0 Å². The third-order valence-corrected chi connectivity index (χ3v) is 6.99. The van der Waals surface area contributed by atoms with Gasteiger partial charge in [-0.15, -0.1) is 0 Å². The molecule has 0 aliphatic rings. The molecule has 0 amide bonds. The van der Waals surface area contributed by atoms with E-state index in [-0.39, 0.29) is 12.3 Å². The number of nitrogens with one attached hydrogen (secondary N) is 1. The standard InChI is InChI=1S/C21H21ClN2O4S/c1-15(14-25)29(27,28)24(17-7-3-2-4-8-17)13-16-11-12-20(23-16)21(26)18-9-5-6-10-19(18)22/h2-12,15,23,25H,13-14H2,1H3. The van der Waals surface area contributed by atoms with Crippen molar-refractivity contribution in [1.82, 2.24) is 4.98 Å². The first-order valence-electron chi connectivity index (χ1n) is 8.99. The lowest BCUT2D eigenvalue weighted by molar-refractivity contribution is 0.103. The van der Waals surface area contributed by atoms with Crippen molar-refractivity contribution in [2.24, 2.45) is 0 Å². The summed E-state index contributed by atoms with van der Waals surface area (Å²) < 4.78 is 27.1. The maximum absolute atomic E-state index is 12.9. The monoisotopic (exact) mass is 432 g/mol. The number of hydrogen-bond acceptors (Lipinski definition) is 4. The highest BCUT2D eigenvalue weighted by molar-refractivity contribution is 7.93. The van der Waals surface area contributed by atoms with E-state index in [1.165, 1.54) is 11.2 Å². The topological polar surface area (TPSA) is 90.5 Å². The fourth-order valence-electron chi connectivity index (χ4n) is 2.84. The number of rotatable bonds is 8. The van der Waals surface area contributed by atoms with Crippen molar-refractivity contribution in [3.05, 3.63) is 88.7 Å². The number of benzene rings is 2. The fraction of sp³-hybridized carbons (Fsp3) is 0.190. The Kier molecular flexibility index (Phi) is 6.42. The number of sulfonamides is 1. The molecule has 0 aliphatic heterocycles. The molecule has 8 heteroatoms. The Bertz CT molecular complexity index is 1100. The zero-order valence-electron chi connectivity index (χ0n) is 15.7. The Morgan fingerprint density at radius 1 is 1.07 bits per heavy atom. The molecule has 152 valence electrons. The summed E-state index contributed by atoms with van der Waals surface area (Å²) in [5.74, 6) is -0.278. The summed E-state index contributed by atoms with van der Waals surface area (Å²) in [5.41, 5.74) is 1.69. The Balaban J connectivity index is 1.92. The van der Waals surface area contributed by atoms with Crippen molar-refractivity contribution in [1.29, 1.82) is 0 Å². The van der Waals surface area contributed by atoms with Crippen LogP contribution in [0.5, 0.6) is 0 Å². The van der Waals surface area contributed by atoms with Crippen LogP contribution in [0.1, 0.15) is 28.7 Å². The summed E-state index contributed by atoms with van der Waals surface area (Å²) >= 11 is 6.10. The van der Waals surface area contributed by atoms with Crippen LogP contribution < -0.4 is 4.31 Å². The molecule has 0 fully saturated rings. The van der Waals surface area contributed by atoms with Crippen LogP contribution in [0.4, 0.5) is 5.69 Å². The molecule has 29 heavy (non-hydrogen) atoms. The average Bonchev–Trinajstić information content (AvgIpc) is 3.20. The number of H-pyrrole nitrogens is 1. The molecule has 1 atom stereocenters. The van der Waals surface area contributed by atoms with Gasteiger partial charge in [0.15, 0.2) is 0 Å². The molecular weight excluding hydrogens is 412 g/mol. The molecule has 3 rings (SSSR count). The van der Waals surface area contributed by atoms with E-state index in [1.54, 1.807) is 66.7 Å². The molecule has 0 radical (unpaired) electrons. The normalized spacial score (nSPS) is 12.5. The van der Waals surface area contributed by atoms with Crippen molar-refractivity contribution >= 4 is 33.1 Å². The number of aromatic nitrogens is 1. The van der Waals surface area contributed by atoms with Gasteiger partial charge in [-0.2, -0.15) is 0 Å². The van der Waals surface area contributed by atoms with Crippen LogP contribution in [0.2, 0.25) is 5.02 Å². The summed E-state index contributed by atoms with van der Waals surface area (Å²) in [7, 11) is -3.81. The molecule has 2 N–H and O–H groups in total. The number of halogens is 1. The van der Waals surface area contributed by atoms with E-state index in [0.717, 1.165) is 0 Å². The maximum atomic E-state index is 12.9. The number of aliphatic hydroxyl groups excluding tert-OH is 1. The second-order valence-corrected chi connectivity index (χ2v) is 9.27. The molecule has 3 aromatic rings. The van der Waals surface area contributed by atoms with E-state index in [2.05, 4.69) is 4.98 Å². The molecule has 0 saturated heterocycles. The van der Waals surface area contributed by atoms with Gasteiger partial charge in [0.1, 0.15) is 5.25 Å². The van der Waals surface area contributed by atoms with Gasteiger partial charge in [0.05, 0.1) is 29.6 Å². The first-order valence-corrected chi connectivity index (χ1v) is 10.9. The number of hydrogen-bond donors (Lipinski definition) is 2. The lowest BCUT2D eigenvalue weighted by Crippen LogP contribution is -2.39. The lowest BCUT2D eigenvalue weighted by Gasteiger charge is -2.26. The number of ketones is 1. The molecule has 0 saturated carbocycles. The molecule has 6 nitrogen and oxygen atoms in total. The number of carbonyl (C=O) groups excluding carboxylic acids is 1. The highest BCUT2D eigenvalue weighted by Gasteiger charge is 2.29. The van der Waals surface area contributed by atoms with Crippen molar-refractivity contribution < 1.29 is 18.3 Å². The van der Waals surface area contributed by atoms with Gasteiger partial charge in [0.2, 0.25) is 15.8 Å². The Labute approximate surface area is 174 Å². The van der Waals surface area contributed by atoms with Crippen LogP contribution in [-0.2, 0) is 16.6 Å². The molecule has 0 aliphatic carbocycles. The zero-order chi connectivity index (χ0) is 21.0. The van der Waals surface area contributed by atoms with E-state index in [0.29, 0.717) is 27.7 Å². The highest BCUT2D eigenvalue weighted by atomic mass is 35.5. The third-order valence-electron chi connectivity index (χ3n) is 4.54. The molecule has 1 heterocycles. The summed E-state index contributed by atoms with van der Waals surface area (Å²) in [5, 5.41) is 8.77. The molecule has 0 bridgehead atoms. The molecule has 0 spiro atoms. The van der Waals surface area contributed by atoms with Gasteiger partial charge in [0.25, 0.3) is 0 Å². The predicted molar refractivity (Wildman–Crippen MR) is 114 cm³/mol. The molecular formula is C21H21ClN2O4S. The number of nitrogens with zero attached hydrogens (tertiary/aromatic N) is 1. The van der Waals surface area contributed by atoms with Gasteiger partial charge in [-0.1, -0.05) is 41.9 Å². The average molecular weight is 433 g/mol. The van der Waals surface area contributed by atoms with Crippen LogP contribution in [0.25, 0.3) is 0 Å². The minimum absolute atomic E-state index is 0.00745. The Morgan fingerprint density at radius 3 is 2.38 bits per heavy atom. The van der Waals surface area contributed by atoms with Crippen LogP contribution >= 0.6 is 11.6 Å². The van der Waals surface area contributed by atoms with Gasteiger partial charge < -0.3 is 10.1 Å². The van der Waals surface area contributed by atoms with E-state index < -0.39 is 21.9 Å². The zero-order valence-corrected chi connectivity index (χ0v) is 17.3. The maximum Gasteiger partial charge on any atom is 0.240 e. The van der Waals surface area contributed by atoms with Crippen molar-refractivity contribution in [2.45, 2.75) is 18.7 Å². The predicted octanol–water partition coefficient (Wildman–Crippen LogP) is 3.62. The van der Waals surface area contributed by atoms with Crippen LogP contribution in [-0.4, -0.2) is 36.1 Å². The largest absolute Gasteiger partial charge is 0.395 e. The number of para-hydroxylation sites is 1. The van der Waals surface area contributed by atoms with Crippen LogP contribution in [0.15, 0.2) is 66.7 Å². The number of aliphatic hydroxyl groups is 1. The van der Waals surface area contributed by atoms with Gasteiger partial charge in [0, 0.05) is 11.3 Å². The van der Waals surface area contributed by atoms with E-state index in [1.807, 2.05) is 0 Å². The second kappa shape index (κ2) is 8.82. The summed E-state index contributed by atoms with van der Waals surface area (Å²) in [6, 6.07) is 18.6. The van der Waals surface area contributed by atoms with Crippen molar-refractivity contribution in [2.75, 3.05) is 10.9 Å². The molecule has 2 aromatic carbocycles. The third kappa shape index (κ3) is 4.53. The SMILES string of the molecule is CC(CO)S(=O)(=O)N(Cc1ccc(C(=O)c2ccccc2Cl)[nH]1)c1ccccc1. The number of anilines is 1. The second-order valence-electron chi connectivity index (χ2n) is 6.59. The minimum atomic E-state index is -3.81. The highest BCUT2D eigenvalue weighted by Crippen LogP contribution is 2.24. The van der Waals surface area contributed by atoms with Crippen molar-refractivity contribution in [3.8, 4) is 0 Å². The summed E-state index contributed by atoms with van der Waals surface area (Å²) in [6.45, 7) is 0.950. The van der Waals surface area contributed by atoms with Crippen LogP contribution in [0.3, 0.4) is 0 Å². The molecule has 1 unspecified atom stereocenters. The van der Waals surface area contributed by atoms with Gasteiger partial charge in [-0.3, -0.25) is 9.10 Å². The Hall–Kier alpha value is -2.61. The minimum Gasteiger partial charge on any atom is -0.395 e. The van der Waals surface area contributed by atoms with Crippen LogP contribution in [0, 0.1) is 0 Å². The number of aromatic amines is 1. The molecule has 1 aromatic heterocycles. The summed E-state index contributed by atoms with van der Waals surface area (Å²) in [4.78, 5) is 15.7. The smallest absolute Gasteiger partial charge is 0.240 e. The van der Waals surface area contributed by atoms with E-state index >= 15 is 0 Å². The first-order chi connectivity index (χ1) is 13.8. The Morgan fingerprint density at radius 2 is 1.72 bits per heavy atom. The summed E-state index contributed by atoms with van der Waals surface area (Å²) in [6.07, 6.45) is 0. The van der Waals surface area contributed by atoms with Gasteiger partial charge >= 0.3 is 0 Å². The van der Waals surface area contributed by atoms with Gasteiger partial charge in [-0.05, 0) is 43.3 Å². The number of carbonyl (C=O) groups is 1. The van der Waals surface area contributed by atoms with Gasteiger partial charge in [-0.25, -0.2) is 8.42 Å². The first kappa shape index (κ1) is 21.1. The van der Waals surface area contributed by atoms with E-state index in [4.69, 9.17) is 11.6 Å².